The van der Waals surface area contributed by atoms with E-state index in [-0.39, 0.29) is 5.91 Å². The Kier molecular flexibility index (Phi) is 6.14. The van der Waals surface area contributed by atoms with Gasteiger partial charge in [0, 0.05) is 16.1 Å². The highest BCUT2D eigenvalue weighted by molar-refractivity contribution is 6.30. The van der Waals surface area contributed by atoms with Crippen LogP contribution in [0, 0.1) is 0 Å². The molecule has 6 heteroatoms. The number of benzene rings is 3. The third-order valence-electron chi connectivity index (χ3n) is 5.99. The summed E-state index contributed by atoms with van der Waals surface area (Å²) in [5.41, 5.74) is 1.13. The van der Waals surface area contributed by atoms with Gasteiger partial charge in [-0.2, -0.15) is 0 Å². The average Bonchev–Trinajstić information content (AvgIpc) is 2.78. The molecular weight excluding hydrogens is 414 g/mol. The molecule has 3 aromatic carbocycles. The number of aliphatic carboxylic acids is 1. The number of hydrogen-bond acceptors (Lipinski definition) is 3. The van der Waals surface area contributed by atoms with E-state index in [1.165, 1.54) is 0 Å². The van der Waals surface area contributed by atoms with Gasteiger partial charge >= 0.3 is 5.97 Å². The number of carboxylic acid groups (broad SMARTS) is 1. The molecule has 3 aromatic rings. The summed E-state index contributed by atoms with van der Waals surface area (Å²) in [4.78, 5) is 24.3. The third kappa shape index (κ3) is 4.52. The van der Waals surface area contributed by atoms with Crippen LogP contribution in [0.5, 0.6) is 5.75 Å². The van der Waals surface area contributed by atoms with E-state index in [4.69, 9.17) is 21.4 Å². The summed E-state index contributed by atoms with van der Waals surface area (Å²) in [5, 5.41) is 14.3. The summed E-state index contributed by atoms with van der Waals surface area (Å²) in [6.07, 6.45) is 4.77. The number of hydrogen-bond donors (Lipinski definition) is 2. The minimum absolute atomic E-state index is 0.00726. The molecule has 1 amide bonds. The number of carbonyl (C=O) groups excluding carboxylic acids is 1. The van der Waals surface area contributed by atoms with E-state index in [9.17, 15) is 9.59 Å². The summed E-state index contributed by atoms with van der Waals surface area (Å²) < 4.78 is 5.38. The first-order valence-corrected chi connectivity index (χ1v) is 10.8. The lowest BCUT2D eigenvalue weighted by Crippen LogP contribution is -2.42. The summed E-state index contributed by atoms with van der Waals surface area (Å²) in [7, 11) is 0. The van der Waals surface area contributed by atoms with Gasteiger partial charge in [-0.25, -0.2) is 4.79 Å². The molecule has 1 fully saturated rings. The number of halogens is 1. The lowest BCUT2D eigenvalue weighted by Gasteiger charge is -2.36. The van der Waals surface area contributed by atoms with Gasteiger partial charge < -0.3 is 15.2 Å². The molecular formula is C25H24ClNO4. The first-order valence-electron chi connectivity index (χ1n) is 10.4. The number of nitrogens with one attached hydrogen (secondary N) is 1. The predicted molar refractivity (Wildman–Crippen MR) is 122 cm³/mol. The van der Waals surface area contributed by atoms with Crippen molar-refractivity contribution in [2.24, 2.45) is 0 Å². The fourth-order valence-corrected chi connectivity index (χ4v) is 4.54. The zero-order chi connectivity index (χ0) is 21.8. The van der Waals surface area contributed by atoms with Crippen molar-refractivity contribution in [2.45, 2.75) is 37.5 Å². The summed E-state index contributed by atoms with van der Waals surface area (Å²) in [6, 6.07) is 18.6. The van der Waals surface area contributed by atoms with Crippen molar-refractivity contribution in [3.63, 3.8) is 0 Å². The van der Waals surface area contributed by atoms with Crippen LogP contribution in [-0.2, 0) is 15.0 Å². The lowest BCUT2D eigenvalue weighted by atomic mass is 9.68. The Balaban J connectivity index is 1.61. The molecule has 1 saturated carbocycles. The van der Waals surface area contributed by atoms with Gasteiger partial charge in [-0.1, -0.05) is 55.1 Å². The van der Waals surface area contributed by atoms with Crippen molar-refractivity contribution in [3.8, 4) is 5.75 Å². The zero-order valence-electron chi connectivity index (χ0n) is 17.1. The van der Waals surface area contributed by atoms with E-state index in [0.717, 1.165) is 48.4 Å². The van der Waals surface area contributed by atoms with Crippen LogP contribution in [0.15, 0.2) is 60.7 Å². The third-order valence-corrected chi connectivity index (χ3v) is 6.24. The molecule has 160 valence electrons. The van der Waals surface area contributed by atoms with E-state index in [1.54, 1.807) is 6.07 Å². The first-order chi connectivity index (χ1) is 15.0. The van der Waals surface area contributed by atoms with Crippen molar-refractivity contribution in [1.29, 1.82) is 0 Å². The largest absolute Gasteiger partial charge is 0.481 e. The standard InChI is InChI=1S/C25H24ClNO4/c26-19-9-7-18(8-10-19)25(13-2-1-3-14-25)24(30)27-20-11-12-21-17(15-20)5-4-6-22(21)31-16-23(28)29/h4-12,15H,1-3,13-14,16H2,(H,27,30)(H,28,29). The average molecular weight is 438 g/mol. The molecule has 5 nitrogen and oxygen atoms in total. The van der Waals surface area contributed by atoms with Crippen LogP contribution < -0.4 is 10.1 Å². The SMILES string of the molecule is O=C(O)COc1cccc2cc(NC(=O)C3(c4ccc(Cl)cc4)CCCCC3)ccc12. The normalized spacial score (nSPS) is 15.4. The zero-order valence-corrected chi connectivity index (χ0v) is 17.8. The quantitative estimate of drug-likeness (QED) is 0.511. The van der Waals surface area contributed by atoms with Gasteiger partial charge in [0.05, 0.1) is 5.41 Å². The van der Waals surface area contributed by atoms with Crippen molar-refractivity contribution in [3.05, 3.63) is 71.2 Å². The second kappa shape index (κ2) is 8.98. The van der Waals surface area contributed by atoms with E-state index in [0.29, 0.717) is 16.5 Å². The number of rotatable bonds is 6. The smallest absolute Gasteiger partial charge is 0.341 e. The van der Waals surface area contributed by atoms with Crippen LogP contribution in [0.3, 0.4) is 0 Å². The molecule has 0 heterocycles. The van der Waals surface area contributed by atoms with Gasteiger partial charge in [-0.15, -0.1) is 0 Å². The second-order valence-electron chi connectivity index (χ2n) is 7.98. The molecule has 0 unspecified atom stereocenters. The minimum Gasteiger partial charge on any atom is -0.481 e. The van der Waals surface area contributed by atoms with Gasteiger partial charge in [0.2, 0.25) is 5.91 Å². The molecule has 0 bridgehead atoms. The Hall–Kier alpha value is -3.05. The molecule has 0 atom stereocenters. The van der Waals surface area contributed by atoms with Crippen LogP contribution in [0.25, 0.3) is 10.8 Å². The minimum atomic E-state index is -1.03. The Morgan fingerprint density at radius 2 is 1.74 bits per heavy atom. The van der Waals surface area contributed by atoms with Crippen LogP contribution >= 0.6 is 11.6 Å². The highest BCUT2D eigenvalue weighted by Gasteiger charge is 2.41. The van der Waals surface area contributed by atoms with Gasteiger partial charge in [0.1, 0.15) is 5.75 Å². The maximum Gasteiger partial charge on any atom is 0.341 e. The van der Waals surface area contributed by atoms with E-state index in [1.807, 2.05) is 54.6 Å². The van der Waals surface area contributed by atoms with Crippen molar-refractivity contribution >= 4 is 39.9 Å². The molecule has 1 aliphatic carbocycles. The number of fused-ring (bicyclic) bond motifs is 1. The van der Waals surface area contributed by atoms with E-state index >= 15 is 0 Å². The number of carboxylic acids is 1. The van der Waals surface area contributed by atoms with Gasteiger partial charge in [0.25, 0.3) is 0 Å². The Morgan fingerprint density at radius 1 is 1.00 bits per heavy atom. The maximum absolute atomic E-state index is 13.5. The lowest BCUT2D eigenvalue weighted by molar-refractivity contribution is -0.139. The number of ether oxygens (including phenoxy) is 1. The number of amides is 1. The van der Waals surface area contributed by atoms with Crippen LogP contribution in [0.2, 0.25) is 5.02 Å². The molecule has 2 N–H and O–H groups in total. The van der Waals surface area contributed by atoms with Crippen molar-refractivity contribution in [2.75, 3.05) is 11.9 Å². The Morgan fingerprint density at radius 3 is 2.45 bits per heavy atom. The first kappa shape index (κ1) is 21.2. The van der Waals surface area contributed by atoms with Crippen LogP contribution in [-0.4, -0.2) is 23.6 Å². The van der Waals surface area contributed by atoms with Gasteiger partial charge in [0.15, 0.2) is 6.61 Å². The van der Waals surface area contributed by atoms with Crippen LogP contribution in [0.1, 0.15) is 37.7 Å². The van der Waals surface area contributed by atoms with Gasteiger partial charge in [-0.05, 0) is 60.2 Å². The molecule has 0 spiro atoms. The topological polar surface area (TPSA) is 75.6 Å². The highest BCUT2D eigenvalue weighted by Crippen LogP contribution is 2.41. The van der Waals surface area contributed by atoms with Crippen molar-refractivity contribution in [1.82, 2.24) is 0 Å². The van der Waals surface area contributed by atoms with Crippen molar-refractivity contribution < 1.29 is 19.4 Å². The second-order valence-corrected chi connectivity index (χ2v) is 8.41. The summed E-state index contributed by atoms with van der Waals surface area (Å²) in [6.45, 7) is -0.402. The summed E-state index contributed by atoms with van der Waals surface area (Å²) in [5.74, 6) is -0.532. The Labute approximate surface area is 186 Å². The fraction of sp³-hybridized carbons (Fsp3) is 0.280. The van der Waals surface area contributed by atoms with Gasteiger partial charge in [-0.3, -0.25) is 4.79 Å². The highest BCUT2D eigenvalue weighted by atomic mass is 35.5. The molecule has 4 rings (SSSR count). The fourth-order valence-electron chi connectivity index (χ4n) is 4.42. The molecule has 1 aliphatic rings. The summed E-state index contributed by atoms with van der Waals surface area (Å²) >= 11 is 6.07. The molecule has 0 radical (unpaired) electrons. The Bertz CT molecular complexity index is 1100. The maximum atomic E-state index is 13.5. The molecule has 0 aliphatic heterocycles. The van der Waals surface area contributed by atoms with Crippen LogP contribution in [0.4, 0.5) is 5.69 Å². The van der Waals surface area contributed by atoms with E-state index < -0.39 is 18.0 Å². The molecule has 31 heavy (non-hydrogen) atoms. The predicted octanol–water partition coefficient (Wildman–Crippen LogP) is 5.80. The molecule has 0 aromatic heterocycles. The van der Waals surface area contributed by atoms with E-state index in [2.05, 4.69) is 5.32 Å². The number of carbonyl (C=O) groups is 2. The molecule has 0 saturated heterocycles. The monoisotopic (exact) mass is 437 g/mol. The number of anilines is 1.